The molecule has 0 aromatic heterocycles. The van der Waals surface area contributed by atoms with Gasteiger partial charge >= 0.3 is 0 Å². The molecule has 1 aliphatic heterocycles. The Morgan fingerprint density at radius 3 is 2.85 bits per heavy atom. The van der Waals surface area contributed by atoms with Gasteiger partial charge in [-0.3, -0.25) is 4.79 Å². The summed E-state index contributed by atoms with van der Waals surface area (Å²) in [6.45, 7) is 2.14. The molecule has 0 aromatic carbocycles. The van der Waals surface area contributed by atoms with E-state index in [1.54, 1.807) is 0 Å². The van der Waals surface area contributed by atoms with Crippen LogP contribution in [0.5, 0.6) is 0 Å². The van der Waals surface area contributed by atoms with Crippen molar-refractivity contribution >= 4 is 5.91 Å². The van der Waals surface area contributed by atoms with Gasteiger partial charge < -0.3 is 21.5 Å². The monoisotopic (exact) mass is 187 g/mol. The standard InChI is InChI=1S/C8H17N3O2/c9-2-1-3-11-8(12)6-4-13-5-7(6)10/h6-7H,1-5,9-10H2,(H,11,12). The molecule has 0 saturated carbocycles. The Labute approximate surface area is 77.8 Å². The predicted molar refractivity (Wildman–Crippen MR) is 49.0 cm³/mol. The van der Waals surface area contributed by atoms with E-state index in [0.717, 1.165) is 6.42 Å². The molecule has 5 N–H and O–H groups in total. The molecule has 0 spiro atoms. The summed E-state index contributed by atoms with van der Waals surface area (Å²) >= 11 is 0. The van der Waals surface area contributed by atoms with Gasteiger partial charge in [-0.1, -0.05) is 0 Å². The molecule has 1 aliphatic rings. The summed E-state index contributed by atoms with van der Waals surface area (Å²) in [7, 11) is 0. The lowest BCUT2D eigenvalue weighted by atomic mass is 10.0. The smallest absolute Gasteiger partial charge is 0.227 e. The molecule has 1 rings (SSSR count). The highest BCUT2D eigenvalue weighted by Gasteiger charge is 2.30. The van der Waals surface area contributed by atoms with Crippen molar-refractivity contribution in [3.63, 3.8) is 0 Å². The van der Waals surface area contributed by atoms with Gasteiger partial charge in [0.2, 0.25) is 5.91 Å². The zero-order valence-corrected chi connectivity index (χ0v) is 7.66. The molecule has 5 heteroatoms. The molecule has 1 heterocycles. The number of amides is 1. The van der Waals surface area contributed by atoms with Crippen LogP contribution in [-0.2, 0) is 9.53 Å². The third kappa shape index (κ3) is 2.95. The third-order valence-electron chi connectivity index (χ3n) is 2.14. The first-order chi connectivity index (χ1) is 6.25. The molecular formula is C8H17N3O2. The van der Waals surface area contributed by atoms with Crippen molar-refractivity contribution in [2.45, 2.75) is 12.5 Å². The molecule has 2 unspecified atom stereocenters. The average Bonchev–Trinajstić information content (AvgIpc) is 2.52. The van der Waals surface area contributed by atoms with Gasteiger partial charge in [-0.2, -0.15) is 0 Å². The second-order valence-electron chi connectivity index (χ2n) is 3.24. The van der Waals surface area contributed by atoms with Crippen molar-refractivity contribution in [2.75, 3.05) is 26.3 Å². The van der Waals surface area contributed by atoms with Crippen LogP contribution in [0.4, 0.5) is 0 Å². The number of nitrogens with one attached hydrogen (secondary N) is 1. The summed E-state index contributed by atoms with van der Waals surface area (Å²) in [5.74, 6) is -0.198. The van der Waals surface area contributed by atoms with Crippen molar-refractivity contribution in [2.24, 2.45) is 17.4 Å². The first-order valence-electron chi connectivity index (χ1n) is 4.57. The first kappa shape index (κ1) is 10.4. The highest BCUT2D eigenvalue weighted by molar-refractivity contribution is 5.79. The minimum atomic E-state index is -0.183. The quantitative estimate of drug-likeness (QED) is 0.463. The van der Waals surface area contributed by atoms with Crippen LogP contribution in [0.25, 0.3) is 0 Å². The van der Waals surface area contributed by atoms with E-state index in [1.165, 1.54) is 0 Å². The lowest BCUT2D eigenvalue weighted by Gasteiger charge is -2.12. The Morgan fingerprint density at radius 2 is 2.31 bits per heavy atom. The maximum absolute atomic E-state index is 11.4. The van der Waals surface area contributed by atoms with Gasteiger partial charge in [-0.25, -0.2) is 0 Å². The fourth-order valence-electron chi connectivity index (χ4n) is 1.29. The second kappa shape index (κ2) is 5.16. The predicted octanol–water partition coefficient (Wildman–Crippen LogP) is -1.57. The zero-order valence-electron chi connectivity index (χ0n) is 7.66. The van der Waals surface area contributed by atoms with Crippen LogP contribution in [0.2, 0.25) is 0 Å². The summed E-state index contributed by atoms with van der Waals surface area (Å²) in [6, 6.07) is -0.155. The maximum Gasteiger partial charge on any atom is 0.227 e. The van der Waals surface area contributed by atoms with Gasteiger partial charge in [0.05, 0.1) is 19.1 Å². The molecule has 13 heavy (non-hydrogen) atoms. The molecule has 1 fully saturated rings. The number of nitrogens with two attached hydrogens (primary N) is 2. The van der Waals surface area contributed by atoms with Gasteiger partial charge in [0.1, 0.15) is 0 Å². The second-order valence-corrected chi connectivity index (χ2v) is 3.24. The van der Waals surface area contributed by atoms with E-state index in [4.69, 9.17) is 16.2 Å². The Hall–Kier alpha value is -0.650. The average molecular weight is 187 g/mol. The molecule has 1 saturated heterocycles. The summed E-state index contributed by atoms with van der Waals surface area (Å²) in [5, 5.41) is 2.78. The molecule has 0 radical (unpaired) electrons. The molecule has 76 valence electrons. The van der Waals surface area contributed by atoms with Crippen molar-refractivity contribution in [3.05, 3.63) is 0 Å². The third-order valence-corrected chi connectivity index (χ3v) is 2.14. The van der Waals surface area contributed by atoms with E-state index < -0.39 is 0 Å². The van der Waals surface area contributed by atoms with Crippen LogP contribution in [-0.4, -0.2) is 38.3 Å². The summed E-state index contributed by atoms with van der Waals surface area (Å²) in [6.07, 6.45) is 0.800. The lowest BCUT2D eigenvalue weighted by molar-refractivity contribution is -0.125. The van der Waals surface area contributed by atoms with E-state index >= 15 is 0 Å². The highest BCUT2D eigenvalue weighted by atomic mass is 16.5. The van der Waals surface area contributed by atoms with E-state index in [0.29, 0.717) is 26.3 Å². The summed E-state index contributed by atoms with van der Waals surface area (Å²) in [4.78, 5) is 11.4. The zero-order chi connectivity index (χ0) is 9.68. The van der Waals surface area contributed by atoms with Crippen molar-refractivity contribution in [1.82, 2.24) is 5.32 Å². The van der Waals surface area contributed by atoms with Crippen LogP contribution in [0.1, 0.15) is 6.42 Å². The number of carbonyl (C=O) groups is 1. The number of ether oxygens (including phenoxy) is 1. The SMILES string of the molecule is NCCCNC(=O)C1COCC1N. The molecule has 0 bridgehead atoms. The van der Waals surface area contributed by atoms with Crippen molar-refractivity contribution in [3.8, 4) is 0 Å². The lowest BCUT2D eigenvalue weighted by Crippen LogP contribution is -2.41. The first-order valence-corrected chi connectivity index (χ1v) is 4.57. The minimum absolute atomic E-state index is 0.0153. The minimum Gasteiger partial charge on any atom is -0.379 e. The number of hydrogen-bond donors (Lipinski definition) is 3. The number of rotatable bonds is 4. The molecule has 5 nitrogen and oxygen atoms in total. The molecule has 0 aromatic rings. The Bertz CT molecular complexity index is 175. The molecule has 1 amide bonds. The van der Waals surface area contributed by atoms with Crippen LogP contribution < -0.4 is 16.8 Å². The number of carbonyl (C=O) groups excluding carboxylic acids is 1. The summed E-state index contributed by atoms with van der Waals surface area (Å²) in [5.41, 5.74) is 11.0. The van der Waals surface area contributed by atoms with Gasteiger partial charge in [-0.05, 0) is 13.0 Å². The molecule has 2 atom stereocenters. The fourth-order valence-corrected chi connectivity index (χ4v) is 1.29. The Balaban J connectivity index is 2.22. The van der Waals surface area contributed by atoms with Gasteiger partial charge in [-0.15, -0.1) is 0 Å². The highest BCUT2D eigenvalue weighted by Crippen LogP contribution is 2.11. The van der Waals surface area contributed by atoms with E-state index in [-0.39, 0.29) is 17.9 Å². The van der Waals surface area contributed by atoms with E-state index in [9.17, 15) is 4.79 Å². The van der Waals surface area contributed by atoms with Crippen LogP contribution in [0.15, 0.2) is 0 Å². The van der Waals surface area contributed by atoms with E-state index in [2.05, 4.69) is 5.32 Å². The van der Waals surface area contributed by atoms with Gasteiger partial charge in [0, 0.05) is 12.6 Å². The Morgan fingerprint density at radius 1 is 1.54 bits per heavy atom. The largest absolute Gasteiger partial charge is 0.379 e. The summed E-state index contributed by atoms with van der Waals surface area (Å²) < 4.78 is 5.09. The molecular weight excluding hydrogens is 170 g/mol. The van der Waals surface area contributed by atoms with Gasteiger partial charge in [0.15, 0.2) is 0 Å². The maximum atomic E-state index is 11.4. The van der Waals surface area contributed by atoms with Crippen LogP contribution in [0, 0.1) is 5.92 Å². The van der Waals surface area contributed by atoms with E-state index in [1.807, 2.05) is 0 Å². The van der Waals surface area contributed by atoms with Crippen molar-refractivity contribution in [1.29, 1.82) is 0 Å². The normalized spacial score (nSPS) is 27.5. The van der Waals surface area contributed by atoms with Gasteiger partial charge in [0.25, 0.3) is 0 Å². The number of hydrogen-bond acceptors (Lipinski definition) is 4. The topological polar surface area (TPSA) is 90.4 Å². The fraction of sp³-hybridized carbons (Fsp3) is 0.875. The Kier molecular flexibility index (Phi) is 4.14. The van der Waals surface area contributed by atoms with Crippen molar-refractivity contribution < 1.29 is 9.53 Å². The van der Waals surface area contributed by atoms with Crippen LogP contribution in [0.3, 0.4) is 0 Å². The molecule has 0 aliphatic carbocycles. The van der Waals surface area contributed by atoms with Crippen LogP contribution >= 0.6 is 0 Å².